The molecule has 1 saturated heterocycles. The lowest BCUT2D eigenvalue weighted by atomic mass is 9.75. The molecule has 0 saturated carbocycles. The Kier molecular flexibility index (Phi) is 6.80. The lowest BCUT2D eigenvalue weighted by Gasteiger charge is -2.42. The van der Waals surface area contributed by atoms with Gasteiger partial charge in [0.1, 0.15) is 5.54 Å². The first-order valence-electron chi connectivity index (χ1n) is 12.3. The smallest absolute Gasteiger partial charge is 0.273 e. The van der Waals surface area contributed by atoms with Gasteiger partial charge in [-0.25, -0.2) is 0 Å². The summed E-state index contributed by atoms with van der Waals surface area (Å²) in [6, 6.07) is 38.0. The molecule has 0 N–H and O–H groups in total. The molecule has 4 aromatic rings. The van der Waals surface area contributed by atoms with E-state index in [1.165, 1.54) is 10.5 Å². The molecule has 4 heteroatoms. The van der Waals surface area contributed by atoms with Gasteiger partial charge in [-0.1, -0.05) is 141 Å². The Bertz CT molecular complexity index is 1240. The standard InChI is InChI=1S/C32H29NO2S/c1-23(2)25-20-18-24(19-21-25)22-29-30(34)33(31(35)36-29)32(26-12-6-3-7-13-26,27-14-8-4-9-15-27)28-16-10-5-11-17-28/h3-21,23,29H,22H2,1-2H3. The van der Waals surface area contributed by atoms with Crippen molar-refractivity contribution in [2.45, 2.75) is 37.0 Å². The Labute approximate surface area is 217 Å². The molecule has 1 aliphatic heterocycles. The summed E-state index contributed by atoms with van der Waals surface area (Å²) < 4.78 is 0. The van der Waals surface area contributed by atoms with Crippen LogP contribution in [0.3, 0.4) is 0 Å². The van der Waals surface area contributed by atoms with Crippen LogP contribution in [0.15, 0.2) is 115 Å². The third-order valence-corrected chi connectivity index (χ3v) is 7.94. The van der Waals surface area contributed by atoms with Gasteiger partial charge in [-0.3, -0.25) is 14.5 Å². The Morgan fingerprint density at radius 2 is 1.14 bits per heavy atom. The molecule has 5 rings (SSSR count). The van der Waals surface area contributed by atoms with Crippen molar-refractivity contribution >= 4 is 22.9 Å². The first kappa shape index (κ1) is 24.1. The normalized spacial score (nSPS) is 16.1. The second-order valence-electron chi connectivity index (χ2n) is 9.45. The molecule has 3 nitrogen and oxygen atoms in total. The number of carbonyl (C=O) groups excluding carboxylic acids is 2. The molecule has 1 atom stereocenters. The van der Waals surface area contributed by atoms with E-state index in [0.717, 1.165) is 34.0 Å². The largest absolute Gasteiger partial charge is 0.290 e. The summed E-state index contributed by atoms with van der Waals surface area (Å²) in [7, 11) is 0. The summed E-state index contributed by atoms with van der Waals surface area (Å²) in [5, 5.41) is -0.696. The Morgan fingerprint density at radius 3 is 1.56 bits per heavy atom. The number of carbonyl (C=O) groups is 2. The first-order valence-corrected chi connectivity index (χ1v) is 13.2. The van der Waals surface area contributed by atoms with Crippen molar-refractivity contribution < 1.29 is 9.59 Å². The number of benzene rings is 4. The average molecular weight is 492 g/mol. The summed E-state index contributed by atoms with van der Waals surface area (Å²) in [4.78, 5) is 29.4. The molecular formula is C32H29NO2S. The average Bonchev–Trinajstić information content (AvgIpc) is 3.20. The van der Waals surface area contributed by atoms with Crippen LogP contribution in [-0.4, -0.2) is 21.3 Å². The fourth-order valence-corrected chi connectivity index (χ4v) is 6.13. The summed E-state index contributed by atoms with van der Waals surface area (Å²) in [5.74, 6) is 0.288. The minimum Gasteiger partial charge on any atom is -0.273 e. The summed E-state index contributed by atoms with van der Waals surface area (Å²) in [5.41, 5.74) is 3.90. The minimum atomic E-state index is -1.07. The number of hydrogen-bond donors (Lipinski definition) is 0. The molecule has 0 spiro atoms. The van der Waals surface area contributed by atoms with Gasteiger partial charge in [0.15, 0.2) is 0 Å². The van der Waals surface area contributed by atoms with E-state index in [-0.39, 0.29) is 11.1 Å². The molecular weight excluding hydrogens is 462 g/mol. The van der Waals surface area contributed by atoms with E-state index in [4.69, 9.17) is 0 Å². The predicted molar refractivity (Wildman–Crippen MR) is 147 cm³/mol. The van der Waals surface area contributed by atoms with Gasteiger partial charge in [-0.15, -0.1) is 0 Å². The van der Waals surface area contributed by atoms with Crippen LogP contribution in [0.4, 0.5) is 4.79 Å². The van der Waals surface area contributed by atoms with Crippen LogP contribution >= 0.6 is 11.8 Å². The van der Waals surface area contributed by atoms with E-state index in [1.54, 1.807) is 0 Å². The monoisotopic (exact) mass is 491 g/mol. The number of rotatable bonds is 7. The molecule has 1 heterocycles. The molecule has 4 aromatic carbocycles. The SMILES string of the molecule is CC(C)c1ccc(CC2SC(=O)N(C(c3ccccc3)(c3ccccc3)c3ccccc3)C2=O)cc1. The molecule has 0 radical (unpaired) electrons. The molecule has 1 fully saturated rings. The van der Waals surface area contributed by atoms with Crippen molar-refractivity contribution in [1.82, 2.24) is 4.90 Å². The van der Waals surface area contributed by atoms with Crippen molar-refractivity contribution in [2.24, 2.45) is 0 Å². The summed E-state index contributed by atoms with van der Waals surface area (Å²) in [6.07, 6.45) is 0.512. The van der Waals surface area contributed by atoms with Gasteiger partial charge in [0, 0.05) is 0 Å². The maximum Gasteiger partial charge on any atom is 0.290 e. The number of amides is 2. The van der Waals surface area contributed by atoms with Gasteiger partial charge in [-0.2, -0.15) is 0 Å². The summed E-state index contributed by atoms with van der Waals surface area (Å²) >= 11 is 1.14. The molecule has 180 valence electrons. The van der Waals surface area contributed by atoms with Crippen LogP contribution in [0, 0.1) is 0 Å². The highest BCUT2D eigenvalue weighted by atomic mass is 32.2. The van der Waals surface area contributed by atoms with Gasteiger partial charge >= 0.3 is 0 Å². The van der Waals surface area contributed by atoms with E-state index in [0.29, 0.717) is 12.3 Å². The lowest BCUT2D eigenvalue weighted by Crippen LogP contribution is -2.51. The van der Waals surface area contributed by atoms with Crippen LogP contribution in [0.2, 0.25) is 0 Å². The zero-order valence-electron chi connectivity index (χ0n) is 20.5. The first-order chi connectivity index (χ1) is 17.5. The quantitative estimate of drug-likeness (QED) is 0.253. The van der Waals surface area contributed by atoms with Crippen LogP contribution in [0.5, 0.6) is 0 Å². The zero-order chi connectivity index (χ0) is 25.1. The molecule has 1 aliphatic rings. The second-order valence-corrected chi connectivity index (χ2v) is 10.6. The molecule has 0 aliphatic carbocycles. The van der Waals surface area contributed by atoms with Crippen LogP contribution in [0.1, 0.15) is 47.6 Å². The topological polar surface area (TPSA) is 37.4 Å². The maximum atomic E-state index is 14.1. The van der Waals surface area contributed by atoms with Gasteiger partial charge in [0.2, 0.25) is 5.91 Å². The van der Waals surface area contributed by atoms with Crippen molar-refractivity contribution in [3.8, 4) is 0 Å². The van der Waals surface area contributed by atoms with Crippen molar-refractivity contribution in [3.63, 3.8) is 0 Å². The number of thioether (sulfide) groups is 1. The van der Waals surface area contributed by atoms with Crippen molar-refractivity contribution in [2.75, 3.05) is 0 Å². The number of hydrogen-bond acceptors (Lipinski definition) is 3. The fourth-order valence-electron chi connectivity index (χ4n) is 5.07. The van der Waals surface area contributed by atoms with Gasteiger partial charge in [-0.05, 0) is 40.2 Å². The number of nitrogens with zero attached hydrogens (tertiary/aromatic N) is 1. The fraction of sp³-hybridized carbons (Fsp3) is 0.188. The Hall–Kier alpha value is -3.63. The van der Waals surface area contributed by atoms with Crippen LogP contribution < -0.4 is 0 Å². The van der Waals surface area contributed by atoms with Gasteiger partial charge in [0.25, 0.3) is 5.24 Å². The molecule has 0 bridgehead atoms. The van der Waals surface area contributed by atoms with Gasteiger partial charge in [0.05, 0.1) is 5.25 Å². The van der Waals surface area contributed by atoms with Crippen LogP contribution in [-0.2, 0) is 16.8 Å². The highest BCUT2D eigenvalue weighted by Crippen LogP contribution is 2.47. The second kappa shape index (κ2) is 10.2. The molecule has 2 amide bonds. The van der Waals surface area contributed by atoms with E-state index < -0.39 is 10.8 Å². The van der Waals surface area contributed by atoms with E-state index in [9.17, 15) is 9.59 Å². The molecule has 0 aromatic heterocycles. The van der Waals surface area contributed by atoms with E-state index in [2.05, 4.69) is 38.1 Å². The minimum absolute atomic E-state index is 0.158. The van der Waals surface area contributed by atoms with Gasteiger partial charge < -0.3 is 0 Å². The van der Waals surface area contributed by atoms with Crippen molar-refractivity contribution in [3.05, 3.63) is 143 Å². The zero-order valence-corrected chi connectivity index (χ0v) is 21.3. The number of imide groups is 1. The highest BCUT2D eigenvalue weighted by Gasteiger charge is 2.53. The molecule has 36 heavy (non-hydrogen) atoms. The van der Waals surface area contributed by atoms with E-state index in [1.807, 2.05) is 91.0 Å². The molecule has 1 unspecified atom stereocenters. The highest BCUT2D eigenvalue weighted by molar-refractivity contribution is 8.15. The predicted octanol–water partition coefficient (Wildman–Crippen LogP) is 7.41. The maximum absolute atomic E-state index is 14.1. The Balaban J connectivity index is 1.63. The van der Waals surface area contributed by atoms with E-state index >= 15 is 0 Å². The summed E-state index contributed by atoms with van der Waals surface area (Å²) in [6.45, 7) is 4.33. The Morgan fingerprint density at radius 1 is 0.694 bits per heavy atom. The van der Waals surface area contributed by atoms with Crippen LogP contribution in [0.25, 0.3) is 0 Å². The van der Waals surface area contributed by atoms with Crippen molar-refractivity contribution in [1.29, 1.82) is 0 Å². The lowest BCUT2D eigenvalue weighted by molar-refractivity contribution is -0.129. The third kappa shape index (κ3) is 4.27. The third-order valence-electron chi connectivity index (χ3n) is 6.90.